The minimum atomic E-state index is -0.520. The van der Waals surface area contributed by atoms with Crippen molar-refractivity contribution in [1.82, 2.24) is 4.98 Å². The van der Waals surface area contributed by atoms with Crippen LogP contribution in [-0.2, 0) is 6.42 Å². The van der Waals surface area contributed by atoms with Gasteiger partial charge in [-0.25, -0.2) is 0 Å². The van der Waals surface area contributed by atoms with E-state index in [0.29, 0.717) is 6.42 Å². The normalized spacial score (nSPS) is 12.4. The van der Waals surface area contributed by atoms with Crippen LogP contribution in [0.1, 0.15) is 17.2 Å². The quantitative estimate of drug-likeness (QED) is 0.905. The number of aliphatic hydroxyl groups is 1. The molecule has 2 nitrogen and oxygen atoms in total. The van der Waals surface area contributed by atoms with Gasteiger partial charge in [-0.2, -0.15) is 0 Å². The summed E-state index contributed by atoms with van der Waals surface area (Å²) < 4.78 is 1.90. The summed E-state index contributed by atoms with van der Waals surface area (Å²) in [6.45, 7) is 0. The van der Waals surface area contributed by atoms with E-state index in [0.717, 1.165) is 20.1 Å². The number of nitrogens with zero attached hydrogens (tertiary/aromatic N) is 1. The van der Waals surface area contributed by atoms with E-state index in [1.807, 2.05) is 30.3 Å². The number of rotatable bonds is 3. The fourth-order valence-corrected chi connectivity index (χ4v) is 2.96. The molecule has 2 aromatic rings. The van der Waals surface area contributed by atoms with E-state index in [1.54, 1.807) is 12.4 Å². The second kappa shape index (κ2) is 5.76. The highest BCUT2D eigenvalue weighted by molar-refractivity contribution is 9.11. The Hall–Kier alpha value is -0.710. The lowest BCUT2D eigenvalue weighted by molar-refractivity contribution is 0.178. The number of aromatic nitrogens is 1. The SMILES string of the molecule is OC(Cc1cccnc1)c1cc(Br)cc(Br)c1. The average molecular weight is 357 g/mol. The molecule has 2 rings (SSSR count). The molecule has 0 amide bonds. The highest BCUT2D eigenvalue weighted by atomic mass is 79.9. The van der Waals surface area contributed by atoms with Crippen molar-refractivity contribution in [2.75, 3.05) is 0 Å². The molecule has 1 aromatic heterocycles. The number of pyridine rings is 1. The predicted molar refractivity (Wildman–Crippen MR) is 74.7 cm³/mol. The van der Waals surface area contributed by atoms with Crippen LogP contribution in [0, 0.1) is 0 Å². The van der Waals surface area contributed by atoms with Gasteiger partial charge in [0.25, 0.3) is 0 Å². The molecule has 88 valence electrons. The number of benzene rings is 1. The second-order valence-electron chi connectivity index (χ2n) is 3.78. The third-order valence-electron chi connectivity index (χ3n) is 2.42. The molecular weight excluding hydrogens is 346 g/mol. The molecular formula is C13H11Br2NO. The summed E-state index contributed by atoms with van der Waals surface area (Å²) in [5, 5.41) is 10.2. The number of halogens is 2. The first-order valence-corrected chi connectivity index (χ1v) is 6.77. The maximum atomic E-state index is 10.2. The summed E-state index contributed by atoms with van der Waals surface area (Å²) >= 11 is 6.83. The van der Waals surface area contributed by atoms with Crippen molar-refractivity contribution in [3.05, 3.63) is 62.8 Å². The van der Waals surface area contributed by atoms with Crippen molar-refractivity contribution in [3.63, 3.8) is 0 Å². The van der Waals surface area contributed by atoms with Gasteiger partial charge in [0.15, 0.2) is 0 Å². The molecule has 1 unspecified atom stereocenters. The Morgan fingerprint density at radius 3 is 2.47 bits per heavy atom. The Balaban J connectivity index is 2.17. The lowest BCUT2D eigenvalue weighted by atomic mass is 10.0. The van der Waals surface area contributed by atoms with Crippen LogP contribution in [0.5, 0.6) is 0 Å². The van der Waals surface area contributed by atoms with Gasteiger partial charge < -0.3 is 5.11 Å². The van der Waals surface area contributed by atoms with Crippen molar-refractivity contribution in [2.45, 2.75) is 12.5 Å². The van der Waals surface area contributed by atoms with Crippen LogP contribution in [0.2, 0.25) is 0 Å². The first-order chi connectivity index (χ1) is 8.15. The van der Waals surface area contributed by atoms with Gasteiger partial charge in [-0.05, 0) is 35.4 Å². The van der Waals surface area contributed by atoms with E-state index in [4.69, 9.17) is 0 Å². The Bertz CT molecular complexity index is 482. The Kier molecular flexibility index (Phi) is 4.31. The monoisotopic (exact) mass is 355 g/mol. The van der Waals surface area contributed by atoms with Crippen LogP contribution in [0.4, 0.5) is 0 Å². The van der Waals surface area contributed by atoms with Crippen molar-refractivity contribution in [3.8, 4) is 0 Å². The van der Waals surface area contributed by atoms with E-state index in [-0.39, 0.29) is 0 Å². The third-order valence-corrected chi connectivity index (χ3v) is 3.34. The minimum Gasteiger partial charge on any atom is -0.388 e. The van der Waals surface area contributed by atoms with Crippen LogP contribution < -0.4 is 0 Å². The van der Waals surface area contributed by atoms with Gasteiger partial charge in [0.1, 0.15) is 0 Å². The van der Waals surface area contributed by atoms with Crippen LogP contribution in [0.15, 0.2) is 51.7 Å². The zero-order valence-electron chi connectivity index (χ0n) is 8.98. The van der Waals surface area contributed by atoms with E-state index in [2.05, 4.69) is 36.8 Å². The lowest BCUT2D eigenvalue weighted by Gasteiger charge is -2.11. The topological polar surface area (TPSA) is 33.1 Å². The second-order valence-corrected chi connectivity index (χ2v) is 5.62. The molecule has 1 aromatic carbocycles. The number of aliphatic hydroxyl groups excluding tert-OH is 1. The molecule has 0 saturated carbocycles. The Morgan fingerprint density at radius 1 is 1.18 bits per heavy atom. The van der Waals surface area contributed by atoms with Crippen molar-refractivity contribution >= 4 is 31.9 Å². The zero-order chi connectivity index (χ0) is 12.3. The minimum absolute atomic E-state index is 0.520. The van der Waals surface area contributed by atoms with Crippen molar-refractivity contribution in [1.29, 1.82) is 0 Å². The molecule has 1 N–H and O–H groups in total. The smallest absolute Gasteiger partial charge is 0.0831 e. The summed E-state index contributed by atoms with van der Waals surface area (Å²) in [6, 6.07) is 9.63. The molecule has 1 heterocycles. The van der Waals surface area contributed by atoms with Gasteiger partial charge in [0, 0.05) is 27.8 Å². The third kappa shape index (κ3) is 3.63. The molecule has 0 spiro atoms. The Labute approximate surface area is 117 Å². The zero-order valence-corrected chi connectivity index (χ0v) is 12.1. The molecule has 0 aliphatic carbocycles. The molecule has 0 saturated heterocycles. The maximum absolute atomic E-state index is 10.2. The number of hydrogen-bond acceptors (Lipinski definition) is 2. The lowest BCUT2D eigenvalue weighted by Crippen LogP contribution is -2.02. The summed E-state index contributed by atoms with van der Waals surface area (Å²) in [5.41, 5.74) is 1.91. The fraction of sp³-hybridized carbons (Fsp3) is 0.154. The molecule has 4 heteroatoms. The summed E-state index contributed by atoms with van der Waals surface area (Å²) in [7, 11) is 0. The first-order valence-electron chi connectivity index (χ1n) is 5.18. The molecule has 0 radical (unpaired) electrons. The summed E-state index contributed by atoms with van der Waals surface area (Å²) in [5.74, 6) is 0. The molecule has 0 aliphatic rings. The maximum Gasteiger partial charge on any atom is 0.0831 e. The largest absolute Gasteiger partial charge is 0.388 e. The van der Waals surface area contributed by atoms with Gasteiger partial charge >= 0.3 is 0 Å². The van der Waals surface area contributed by atoms with Gasteiger partial charge in [0.2, 0.25) is 0 Å². The van der Waals surface area contributed by atoms with Gasteiger partial charge in [-0.3, -0.25) is 4.98 Å². The average Bonchev–Trinajstić information content (AvgIpc) is 2.29. The van der Waals surface area contributed by atoms with E-state index >= 15 is 0 Å². The highest BCUT2D eigenvalue weighted by Gasteiger charge is 2.10. The fourth-order valence-electron chi connectivity index (χ4n) is 1.63. The molecule has 17 heavy (non-hydrogen) atoms. The van der Waals surface area contributed by atoms with Crippen LogP contribution >= 0.6 is 31.9 Å². The first kappa shape index (κ1) is 12.7. The van der Waals surface area contributed by atoms with Crippen LogP contribution in [-0.4, -0.2) is 10.1 Å². The molecule has 1 atom stereocenters. The van der Waals surface area contributed by atoms with Crippen LogP contribution in [0.25, 0.3) is 0 Å². The standard InChI is InChI=1S/C13H11Br2NO/c14-11-5-10(6-12(15)7-11)13(17)4-9-2-1-3-16-8-9/h1-3,5-8,13,17H,4H2. The van der Waals surface area contributed by atoms with Crippen LogP contribution in [0.3, 0.4) is 0 Å². The van der Waals surface area contributed by atoms with Gasteiger partial charge in [0.05, 0.1) is 6.10 Å². The molecule has 0 fully saturated rings. The predicted octanol–water partition coefficient (Wildman–Crippen LogP) is 3.88. The Morgan fingerprint density at radius 2 is 1.88 bits per heavy atom. The highest BCUT2D eigenvalue weighted by Crippen LogP contribution is 2.26. The summed E-state index contributed by atoms with van der Waals surface area (Å²) in [6.07, 6.45) is 3.55. The van der Waals surface area contributed by atoms with E-state index in [9.17, 15) is 5.11 Å². The number of hydrogen-bond donors (Lipinski definition) is 1. The molecule has 0 aliphatic heterocycles. The van der Waals surface area contributed by atoms with Crippen molar-refractivity contribution in [2.24, 2.45) is 0 Å². The van der Waals surface area contributed by atoms with E-state index in [1.165, 1.54) is 0 Å². The van der Waals surface area contributed by atoms with E-state index < -0.39 is 6.10 Å². The summed E-state index contributed by atoms with van der Waals surface area (Å²) in [4.78, 5) is 4.04. The molecule has 0 bridgehead atoms. The van der Waals surface area contributed by atoms with Gasteiger partial charge in [-0.1, -0.05) is 37.9 Å². The van der Waals surface area contributed by atoms with Crippen molar-refractivity contribution < 1.29 is 5.11 Å². The van der Waals surface area contributed by atoms with Gasteiger partial charge in [-0.15, -0.1) is 0 Å².